The highest BCUT2D eigenvalue weighted by atomic mass is 79.9. The molecule has 0 bridgehead atoms. The normalized spacial score (nSPS) is 19.5. The molecule has 25 heavy (non-hydrogen) atoms. The van der Waals surface area contributed by atoms with Gasteiger partial charge in [0, 0.05) is 0 Å². The quantitative estimate of drug-likeness (QED) is 0.565. The van der Waals surface area contributed by atoms with E-state index in [2.05, 4.69) is 25.3 Å². The summed E-state index contributed by atoms with van der Waals surface area (Å²) < 4.78 is 34.8. The van der Waals surface area contributed by atoms with E-state index >= 15 is 0 Å². The highest BCUT2D eigenvalue weighted by molar-refractivity contribution is 9.10. The van der Waals surface area contributed by atoms with E-state index in [9.17, 15) is 13.2 Å². The third-order valence-electron chi connectivity index (χ3n) is 3.21. The number of sulfone groups is 1. The molecule has 0 unspecified atom stereocenters. The summed E-state index contributed by atoms with van der Waals surface area (Å²) in [5.41, 5.74) is -0.0689. The highest BCUT2D eigenvalue weighted by Crippen LogP contribution is 2.30. The predicted molar refractivity (Wildman–Crippen MR) is 100 cm³/mol. The van der Waals surface area contributed by atoms with Crippen LogP contribution in [-0.4, -0.2) is 41.1 Å². The van der Waals surface area contributed by atoms with Crippen molar-refractivity contribution in [2.45, 2.75) is 13.8 Å². The Balaban J connectivity index is 2.00. The van der Waals surface area contributed by atoms with Crippen LogP contribution in [0.1, 0.15) is 19.6 Å². The molecule has 132 valence electrons. The van der Waals surface area contributed by atoms with Crippen LogP contribution < -0.4 is 0 Å². The highest BCUT2D eigenvalue weighted by Gasteiger charge is 2.42. The van der Waals surface area contributed by atoms with Crippen molar-refractivity contribution in [3.63, 3.8) is 0 Å². The van der Waals surface area contributed by atoms with Crippen LogP contribution >= 0.6 is 27.9 Å². The van der Waals surface area contributed by atoms with Crippen molar-refractivity contribution in [3.8, 4) is 0 Å². The Morgan fingerprint density at radius 1 is 1.44 bits per heavy atom. The number of nitrogens with one attached hydrogen (secondary N) is 1. The first-order valence-corrected chi connectivity index (χ1v) is 10.4. The number of furan rings is 1. The van der Waals surface area contributed by atoms with Crippen LogP contribution in [0.4, 0.5) is 0 Å². The first-order valence-electron chi connectivity index (χ1n) is 7.16. The van der Waals surface area contributed by atoms with E-state index in [0.717, 1.165) is 16.8 Å². The van der Waals surface area contributed by atoms with E-state index in [0.29, 0.717) is 10.4 Å². The number of aliphatic imine (C=N–C) groups is 1. The SMILES string of the molecule is CC(C)CS(=O)(=O)C1=NSC2=NC(=O)/C(=C\c3ccc(Br)o3)C(=N)N21. The van der Waals surface area contributed by atoms with Gasteiger partial charge in [0.15, 0.2) is 4.67 Å². The zero-order valence-corrected chi connectivity index (χ0v) is 16.4. The van der Waals surface area contributed by atoms with Gasteiger partial charge in [-0.15, -0.1) is 0 Å². The van der Waals surface area contributed by atoms with Crippen molar-refractivity contribution in [1.29, 1.82) is 5.41 Å². The summed E-state index contributed by atoms with van der Waals surface area (Å²) in [6.07, 6.45) is 1.35. The van der Waals surface area contributed by atoms with Gasteiger partial charge in [0.1, 0.15) is 11.6 Å². The lowest BCUT2D eigenvalue weighted by atomic mass is 10.1. The average molecular weight is 445 g/mol. The van der Waals surface area contributed by atoms with E-state index in [1.165, 1.54) is 6.08 Å². The van der Waals surface area contributed by atoms with Gasteiger partial charge < -0.3 is 4.42 Å². The van der Waals surface area contributed by atoms with Gasteiger partial charge in [-0.2, -0.15) is 9.39 Å². The topological polar surface area (TPSA) is 116 Å². The summed E-state index contributed by atoms with van der Waals surface area (Å²) in [6, 6.07) is 3.25. The number of hydrogen-bond donors (Lipinski definition) is 1. The van der Waals surface area contributed by atoms with Gasteiger partial charge in [-0.1, -0.05) is 13.8 Å². The third kappa shape index (κ3) is 3.48. The Labute approximate surface area is 156 Å². The molecule has 3 rings (SSSR count). The van der Waals surface area contributed by atoms with Crippen LogP contribution in [0.25, 0.3) is 6.08 Å². The van der Waals surface area contributed by atoms with Crippen LogP contribution in [0.2, 0.25) is 0 Å². The molecule has 11 heteroatoms. The van der Waals surface area contributed by atoms with E-state index in [4.69, 9.17) is 9.83 Å². The maximum absolute atomic E-state index is 12.5. The second-order valence-electron chi connectivity index (χ2n) is 5.72. The van der Waals surface area contributed by atoms with Crippen molar-refractivity contribution in [3.05, 3.63) is 28.1 Å². The fraction of sp³-hybridized carbons (Fsp3) is 0.286. The standard InChI is InChI=1S/C14H13BrN4O4S2/c1-7(2)6-25(21,22)14-18-24-13-17-12(20)9(11(16)19(13)14)5-8-3-4-10(15)23-8/h3-5,7,16H,6H2,1-2H3/b9-5-,16-11?. The molecule has 2 aliphatic rings. The first-order chi connectivity index (χ1) is 11.7. The third-order valence-corrected chi connectivity index (χ3v) is 6.38. The van der Waals surface area contributed by atoms with E-state index < -0.39 is 15.7 Å². The molecule has 1 amide bonds. The summed E-state index contributed by atoms with van der Waals surface area (Å²) >= 11 is 3.93. The van der Waals surface area contributed by atoms with Crippen LogP contribution in [0.15, 0.2) is 36.2 Å². The van der Waals surface area contributed by atoms with Crippen molar-refractivity contribution < 1.29 is 17.6 Å². The van der Waals surface area contributed by atoms with Crippen LogP contribution in [0.3, 0.4) is 0 Å². The van der Waals surface area contributed by atoms with Gasteiger partial charge in [-0.05, 0) is 40.1 Å². The number of halogens is 1. The van der Waals surface area contributed by atoms with Crippen molar-refractivity contribution in [2.75, 3.05) is 5.75 Å². The second kappa shape index (κ2) is 6.54. The summed E-state index contributed by atoms with van der Waals surface area (Å²) in [4.78, 5) is 17.1. The van der Waals surface area contributed by atoms with Crippen molar-refractivity contribution in [2.24, 2.45) is 15.3 Å². The number of amidine groups is 3. The van der Waals surface area contributed by atoms with Crippen LogP contribution in [0.5, 0.6) is 0 Å². The summed E-state index contributed by atoms with van der Waals surface area (Å²) in [6.45, 7) is 3.56. The van der Waals surface area contributed by atoms with Gasteiger partial charge >= 0.3 is 0 Å². The molecule has 3 heterocycles. The molecule has 8 nitrogen and oxygen atoms in total. The van der Waals surface area contributed by atoms with Gasteiger partial charge in [-0.3, -0.25) is 10.2 Å². The zero-order chi connectivity index (χ0) is 18.4. The lowest BCUT2D eigenvalue weighted by Gasteiger charge is -2.24. The molecule has 1 N–H and O–H groups in total. The Hall–Kier alpha value is -1.72. The molecule has 0 radical (unpaired) electrons. The van der Waals surface area contributed by atoms with Crippen molar-refractivity contribution >= 4 is 65.9 Å². The monoisotopic (exact) mass is 444 g/mol. The van der Waals surface area contributed by atoms with Gasteiger partial charge in [-0.25, -0.2) is 13.3 Å². The molecule has 0 saturated carbocycles. The molecule has 1 aromatic heterocycles. The van der Waals surface area contributed by atoms with Gasteiger partial charge in [0.05, 0.1) is 23.3 Å². The van der Waals surface area contributed by atoms with Gasteiger partial charge in [0.2, 0.25) is 20.2 Å². The minimum atomic E-state index is -3.71. The lowest BCUT2D eigenvalue weighted by Crippen LogP contribution is -2.46. The Bertz CT molecular complexity index is 959. The molecule has 2 aliphatic heterocycles. The number of amides is 1. The van der Waals surface area contributed by atoms with Crippen molar-refractivity contribution in [1.82, 2.24) is 4.90 Å². The van der Waals surface area contributed by atoms with E-state index in [1.807, 2.05) is 0 Å². The average Bonchev–Trinajstić information content (AvgIpc) is 3.08. The van der Waals surface area contributed by atoms with Crippen LogP contribution in [-0.2, 0) is 14.6 Å². The number of carbonyl (C=O) groups is 1. The lowest BCUT2D eigenvalue weighted by molar-refractivity contribution is -0.114. The molecule has 0 aliphatic carbocycles. The molecule has 1 aromatic rings. The molecular formula is C14H13BrN4O4S2. The Kier molecular flexibility index (Phi) is 4.73. The summed E-state index contributed by atoms with van der Waals surface area (Å²) in [5.74, 6) is -0.807. The molecule has 0 aromatic carbocycles. The smallest absolute Gasteiger partial charge is 0.283 e. The predicted octanol–water partition coefficient (Wildman–Crippen LogP) is 2.69. The number of rotatable bonds is 3. The minimum Gasteiger partial charge on any atom is -0.450 e. The fourth-order valence-corrected chi connectivity index (χ4v) is 5.31. The molecular weight excluding hydrogens is 432 g/mol. The fourth-order valence-electron chi connectivity index (χ4n) is 2.26. The number of hydrogen-bond acceptors (Lipinski definition) is 7. The minimum absolute atomic E-state index is 0.0649. The molecule has 0 atom stereocenters. The van der Waals surface area contributed by atoms with E-state index in [-0.39, 0.29) is 33.4 Å². The maximum atomic E-state index is 12.5. The number of carbonyl (C=O) groups excluding carboxylic acids is 1. The maximum Gasteiger partial charge on any atom is 0.283 e. The number of nitrogens with zero attached hydrogens (tertiary/aromatic N) is 3. The molecule has 0 fully saturated rings. The van der Waals surface area contributed by atoms with Crippen LogP contribution in [0, 0.1) is 11.3 Å². The Morgan fingerprint density at radius 3 is 2.76 bits per heavy atom. The van der Waals surface area contributed by atoms with E-state index in [1.54, 1.807) is 26.0 Å². The Morgan fingerprint density at radius 2 is 2.16 bits per heavy atom. The first kappa shape index (κ1) is 18.1. The molecule has 0 spiro atoms. The molecule has 0 saturated heterocycles. The van der Waals surface area contributed by atoms with Gasteiger partial charge in [0.25, 0.3) is 5.91 Å². The zero-order valence-electron chi connectivity index (χ0n) is 13.2. The second-order valence-corrected chi connectivity index (χ2v) is 9.16. The summed E-state index contributed by atoms with van der Waals surface area (Å²) in [5, 5.41) is 8.09. The summed E-state index contributed by atoms with van der Waals surface area (Å²) in [7, 11) is -3.71. The number of fused-ring (bicyclic) bond motifs is 1. The largest absolute Gasteiger partial charge is 0.450 e.